The first-order valence-corrected chi connectivity index (χ1v) is 22.3. The number of nitrogens with two attached hydrogens (primary N) is 1. The van der Waals surface area contributed by atoms with Crippen molar-refractivity contribution >= 4 is 99.5 Å². The first-order valence-electron chi connectivity index (χ1n) is 19.9. The van der Waals surface area contributed by atoms with E-state index in [4.69, 9.17) is 29.9 Å². The molecule has 13 nitrogen and oxygen atoms in total. The maximum absolute atomic E-state index is 14.9. The van der Waals surface area contributed by atoms with Crippen molar-refractivity contribution in [3.8, 4) is 33.7 Å². The monoisotopic (exact) mass is 918 g/mol. The van der Waals surface area contributed by atoms with Crippen LogP contribution in [-0.4, -0.2) is 34.9 Å². The predicted octanol–water partition coefficient (Wildman–Crippen LogP) is 9.70. The van der Waals surface area contributed by atoms with Gasteiger partial charge in [0.25, 0.3) is 0 Å². The highest BCUT2D eigenvalue weighted by Gasteiger charge is 2.59. The van der Waals surface area contributed by atoms with Gasteiger partial charge in [-0.25, -0.2) is 19.6 Å². The van der Waals surface area contributed by atoms with Crippen LogP contribution < -0.4 is 10.5 Å². The average Bonchev–Trinajstić information content (AvgIpc) is 4.16. The van der Waals surface area contributed by atoms with Crippen LogP contribution in [0.4, 0.5) is 10.0 Å². The van der Waals surface area contributed by atoms with Gasteiger partial charge in [0.05, 0.1) is 19.2 Å². The molecular formula is C50H26N6O7S3. The summed E-state index contributed by atoms with van der Waals surface area (Å²) < 4.78 is 19.7. The maximum Gasteiger partial charge on any atom is 0.367 e. The highest BCUT2D eigenvalue weighted by Crippen LogP contribution is 2.60. The molecule has 7 aromatic rings. The molecule has 2 N–H and O–H groups in total. The number of ketones is 2. The Hall–Kier alpha value is -8.59. The molecule has 16 heteroatoms. The summed E-state index contributed by atoms with van der Waals surface area (Å²) in [4.78, 5) is 67.9. The van der Waals surface area contributed by atoms with Crippen molar-refractivity contribution in [1.82, 2.24) is 0 Å². The molecule has 316 valence electrons. The molecule has 3 aromatic heterocycles. The first-order chi connectivity index (χ1) is 32.1. The highest BCUT2D eigenvalue weighted by atomic mass is 32.1. The van der Waals surface area contributed by atoms with Crippen LogP contribution in [0.3, 0.4) is 0 Å². The SMILES string of the molecule is N#CC(C#N)=C1C(=Nc2cc3sc4c(c3s2)OC(C(=O)OCc2ccccc2)(C(=O)OCc2ccccc2)c2cc(N=C3C(=O)c5ccccc5/C3=C(\N)C#N)sc2-4)C(=O)c2ccccc21. The quantitative estimate of drug-likeness (QED) is 0.0859. The van der Waals surface area contributed by atoms with E-state index in [9.17, 15) is 35.0 Å². The number of nitrogens with zero attached hydrogens (tertiary/aromatic N) is 5. The lowest BCUT2D eigenvalue weighted by Crippen LogP contribution is -2.52. The fourth-order valence-corrected chi connectivity index (χ4v) is 11.5. The number of fused-ring (bicyclic) bond motifs is 7. The minimum absolute atomic E-state index is 0.0521. The number of Topliss-reactive ketones (excluding diaryl/α,β-unsaturated/α-hetero) is 2. The summed E-state index contributed by atoms with van der Waals surface area (Å²) >= 11 is 3.44. The van der Waals surface area contributed by atoms with Crippen LogP contribution in [-0.2, 0) is 37.9 Å². The molecule has 0 atom stereocenters. The molecule has 0 amide bonds. The first kappa shape index (κ1) is 41.4. The summed E-state index contributed by atoms with van der Waals surface area (Å²) in [6.45, 7) is -0.460. The maximum atomic E-state index is 14.9. The molecule has 0 fully saturated rings. The third-order valence-corrected chi connectivity index (χ3v) is 14.4. The Morgan fingerprint density at radius 2 is 1.12 bits per heavy atom. The zero-order chi connectivity index (χ0) is 45.7. The van der Waals surface area contributed by atoms with E-state index >= 15 is 0 Å². The zero-order valence-electron chi connectivity index (χ0n) is 33.9. The van der Waals surface area contributed by atoms with Crippen molar-refractivity contribution in [3.05, 3.63) is 172 Å². The number of thiophene rings is 3. The van der Waals surface area contributed by atoms with Crippen LogP contribution in [0.2, 0.25) is 0 Å². The van der Waals surface area contributed by atoms with Crippen LogP contribution in [0, 0.1) is 34.0 Å². The molecule has 4 aromatic carbocycles. The Kier molecular flexibility index (Phi) is 10.4. The van der Waals surface area contributed by atoms with Gasteiger partial charge in [-0.1, -0.05) is 109 Å². The fraction of sp³-hybridized carbons (Fsp3) is 0.0600. The van der Waals surface area contributed by atoms with E-state index in [-0.39, 0.29) is 63.4 Å². The molecule has 4 heterocycles. The molecule has 0 radical (unpaired) electrons. The second kappa shape index (κ2) is 16.5. The summed E-state index contributed by atoms with van der Waals surface area (Å²) in [7, 11) is 0. The summed E-state index contributed by atoms with van der Waals surface area (Å²) in [6, 6.07) is 40.0. The summed E-state index contributed by atoms with van der Waals surface area (Å²) in [5, 5.41) is 30.1. The topological polar surface area (TPSA) is 218 Å². The fourth-order valence-electron chi connectivity index (χ4n) is 7.95. The second-order valence-electron chi connectivity index (χ2n) is 14.8. The molecule has 10 rings (SSSR count). The van der Waals surface area contributed by atoms with E-state index in [0.29, 0.717) is 57.5 Å². The predicted molar refractivity (Wildman–Crippen MR) is 248 cm³/mol. The Bertz CT molecular complexity index is 3470. The van der Waals surface area contributed by atoms with E-state index in [2.05, 4.69) is 0 Å². The van der Waals surface area contributed by atoms with Crippen LogP contribution in [0.15, 0.2) is 143 Å². The number of carbonyl (C=O) groups excluding carboxylic acids is 4. The number of benzene rings is 4. The van der Waals surface area contributed by atoms with Crippen molar-refractivity contribution in [3.63, 3.8) is 0 Å². The van der Waals surface area contributed by atoms with Gasteiger partial charge in [-0.3, -0.25) is 9.59 Å². The molecular weight excluding hydrogens is 893 g/mol. The van der Waals surface area contributed by atoms with Gasteiger partial charge in [-0.15, -0.1) is 34.0 Å². The van der Waals surface area contributed by atoms with Gasteiger partial charge in [0.15, 0.2) is 5.75 Å². The molecule has 2 aliphatic carbocycles. The third-order valence-electron chi connectivity index (χ3n) is 11.0. The molecule has 3 aliphatic rings. The van der Waals surface area contributed by atoms with Crippen molar-refractivity contribution in [2.24, 2.45) is 15.7 Å². The van der Waals surface area contributed by atoms with Gasteiger partial charge < -0.3 is 19.9 Å². The number of esters is 2. The number of hydrogen-bond acceptors (Lipinski definition) is 16. The molecule has 1 aliphatic heterocycles. The summed E-state index contributed by atoms with van der Waals surface area (Å²) in [6.07, 6.45) is 0. The number of allylic oxidation sites excluding steroid dienone is 4. The average molecular weight is 919 g/mol. The van der Waals surface area contributed by atoms with Crippen LogP contribution in [0.5, 0.6) is 5.75 Å². The number of hydrogen-bond donors (Lipinski definition) is 1. The summed E-state index contributed by atoms with van der Waals surface area (Å²) in [5.41, 5.74) is 5.98. The van der Waals surface area contributed by atoms with Crippen molar-refractivity contribution in [1.29, 1.82) is 15.8 Å². The van der Waals surface area contributed by atoms with Gasteiger partial charge in [0.2, 0.25) is 11.6 Å². The minimum atomic E-state index is -2.59. The van der Waals surface area contributed by atoms with Crippen molar-refractivity contribution < 1.29 is 33.4 Å². The number of carbonyl (C=O) groups is 4. The Morgan fingerprint density at radius 3 is 1.67 bits per heavy atom. The van der Waals surface area contributed by atoms with Gasteiger partial charge >= 0.3 is 17.5 Å². The summed E-state index contributed by atoms with van der Waals surface area (Å²) in [5.74, 6) is -2.99. The molecule has 66 heavy (non-hydrogen) atoms. The molecule has 0 spiro atoms. The van der Waals surface area contributed by atoms with Crippen LogP contribution >= 0.6 is 34.0 Å². The van der Waals surface area contributed by atoms with Crippen LogP contribution in [0.1, 0.15) is 48.5 Å². The van der Waals surface area contributed by atoms with Gasteiger partial charge in [0, 0.05) is 27.8 Å². The number of ether oxygens (including phenoxy) is 3. The molecule has 0 saturated carbocycles. The normalized spacial score (nSPS) is 16.0. The number of rotatable bonds is 8. The molecule has 0 saturated heterocycles. The lowest BCUT2D eigenvalue weighted by atomic mass is 9.91. The van der Waals surface area contributed by atoms with Crippen LogP contribution in [0.25, 0.3) is 30.3 Å². The van der Waals surface area contributed by atoms with Crippen molar-refractivity contribution in [2.75, 3.05) is 0 Å². The van der Waals surface area contributed by atoms with Gasteiger partial charge in [-0.2, -0.15) is 15.8 Å². The highest BCUT2D eigenvalue weighted by molar-refractivity contribution is 7.33. The van der Waals surface area contributed by atoms with E-state index in [1.54, 1.807) is 103 Å². The smallest absolute Gasteiger partial charge is 0.367 e. The second-order valence-corrected chi connectivity index (χ2v) is 17.9. The number of nitriles is 3. The lowest BCUT2D eigenvalue weighted by Gasteiger charge is -2.33. The number of aliphatic imine (C=N–C) groups is 2. The van der Waals surface area contributed by atoms with E-state index in [0.717, 1.165) is 22.7 Å². The largest absolute Gasteiger partial charge is 0.457 e. The molecule has 0 unspecified atom stereocenters. The standard InChI is InChI=1S/C50H26N6O7S3/c51-21-28(22-52)38-29-15-7-9-17-31(29)42(57)40(38)56-37-20-35-46(66-37)44-47(64-35)45-33(19-36(65-45)55-41-39(34(54)23-53)30-16-8-10-18-32(30)43(41)58)50(63-44,48(59)61-24-26-11-3-1-4-12-26)49(60)62-25-27-13-5-2-6-14-27/h1-20H,24-25,54H2/b39-34+,55-41?,56-40?. The van der Waals surface area contributed by atoms with E-state index in [1.807, 2.05) is 30.3 Å². The van der Waals surface area contributed by atoms with Gasteiger partial charge in [0.1, 0.15) is 64.1 Å². The minimum Gasteiger partial charge on any atom is -0.457 e. The third kappa shape index (κ3) is 6.71. The Labute approximate surface area is 386 Å². The van der Waals surface area contributed by atoms with E-state index in [1.165, 1.54) is 17.4 Å². The Morgan fingerprint density at radius 1 is 0.621 bits per heavy atom. The molecule has 0 bridgehead atoms. The van der Waals surface area contributed by atoms with Crippen molar-refractivity contribution in [2.45, 2.75) is 18.8 Å². The lowest BCUT2D eigenvalue weighted by molar-refractivity contribution is -0.183. The van der Waals surface area contributed by atoms with Gasteiger partial charge in [-0.05, 0) is 34.4 Å². The zero-order valence-corrected chi connectivity index (χ0v) is 36.3. The Balaban J connectivity index is 1.16. The van der Waals surface area contributed by atoms with E-state index < -0.39 is 29.1 Å².